The number of benzene rings is 1. The van der Waals surface area contributed by atoms with Crippen molar-refractivity contribution in [1.82, 2.24) is 29.2 Å². The Morgan fingerprint density at radius 3 is 2.61 bits per heavy atom. The fourth-order valence-corrected chi connectivity index (χ4v) is 7.23. The van der Waals surface area contributed by atoms with Crippen LogP contribution in [0, 0.1) is 12.8 Å². The third-order valence-corrected chi connectivity index (χ3v) is 9.45. The minimum absolute atomic E-state index is 0.113. The second-order valence-electron chi connectivity index (χ2n) is 10.6. The number of H-pyrrole nitrogens is 1. The van der Waals surface area contributed by atoms with Crippen molar-refractivity contribution in [1.29, 1.82) is 0 Å². The first-order valence-corrected chi connectivity index (χ1v) is 15.2. The first kappa shape index (κ1) is 26.8. The number of piperidine rings is 2. The summed E-state index contributed by atoms with van der Waals surface area (Å²) < 4.78 is 37.0. The second kappa shape index (κ2) is 10.8. The number of nitrogens with zero attached hydrogens (tertiary/aromatic N) is 4. The van der Waals surface area contributed by atoms with Crippen LogP contribution in [0.5, 0.6) is 5.75 Å². The molecule has 4 heterocycles. The van der Waals surface area contributed by atoms with E-state index in [4.69, 9.17) is 4.74 Å². The Morgan fingerprint density at radius 1 is 1.18 bits per heavy atom. The lowest BCUT2D eigenvalue weighted by Gasteiger charge is -2.47. The molecule has 0 aliphatic carbocycles. The lowest BCUT2D eigenvalue weighted by Crippen LogP contribution is -2.51. The average Bonchev–Trinajstić information content (AvgIpc) is 3.19. The van der Waals surface area contributed by atoms with Gasteiger partial charge in [0, 0.05) is 25.0 Å². The lowest BCUT2D eigenvalue weighted by molar-refractivity contribution is 0.0380. The maximum absolute atomic E-state index is 13.4. The van der Waals surface area contributed by atoms with E-state index < -0.39 is 10.0 Å². The van der Waals surface area contributed by atoms with Crippen molar-refractivity contribution in [3.05, 3.63) is 40.1 Å². The van der Waals surface area contributed by atoms with E-state index in [9.17, 15) is 13.2 Å². The Bertz CT molecular complexity index is 1470. The average molecular weight is 543 g/mol. The number of aryl methyl sites for hydroxylation is 2. The molecule has 38 heavy (non-hydrogen) atoms. The molecule has 3 aromatic rings. The predicted molar refractivity (Wildman–Crippen MR) is 146 cm³/mol. The summed E-state index contributed by atoms with van der Waals surface area (Å²) >= 11 is 0. The number of hydrogen-bond acceptors (Lipinski definition) is 7. The van der Waals surface area contributed by atoms with Crippen LogP contribution in [0.3, 0.4) is 0 Å². The molecule has 2 unspecified atom stereocenters. The molecule has 0 saturated carbocycles. The first-order valence-electron chi connectivity index (χ1n) is 13.7. The molecule has 2 saturated heterocycles. The van der Waals surface area contributed by atoms with Gasteiger partial charge in [0.15, 0.2) is 11.3 Å². The highest BCUT2D eigenvalue weighted by Crippen LogP contribution is 2.36. The Morgan fingerprint density at radius 2 is 1.92 bits per heavy atom. The number of ether oxygens (including phenoxy) is 1. The fourth-order valence-electron chi connectivity index (χ4n) is 6.09. The molecule has 2 fully saturated rings. The number of aromatic nitrogens is 4. The summed E-state index contributed by atoms with van der Waals surface area (Å²) in [5, 5.41) is 4.67. The van der Waals surface area contributed by atoms with Gasteiger partial charge < -0.3 is 14.6 Å². The number of fused-ring (bicyclic) bond motifs is 3. The van der Waals surface area contributed by atoms with Crippen molar-refractivity contribution in [3.63, 3.8) is 0 Å². The fraction of sp³-hybridized carbons (Fsp3) is 0.593. The van der Waals surface area contributed by atoms with E-state index in [0.29, 0.717) is 65.9 Å². The number of nitrogens with one attached hydrogen (secondary N) is 2. The summed E-state index contributed by atoms with van der Waals surface area (Å²) in [6, 6.07) is 5.78. The van der Waals surface area contributed by atoms with Crippen LogP contribution >= 0.6 is 0 Å². The molecule has 0 amide bonds. The SMILES string of the molecule is CCCc1nc(C)c2c(=O)[nH]c(-c3cc(S(=O)(=O)NCC4CC5CCCC(C4)N5C)ccc3OCC)nn12. The van der Waals surface area contributed by atoms with Gasteiger partial charge >= 0.3 is 0 Å². The normalized spacial score (nSPS) is 22.2. The van der Waals surface area contributed by atoms with Crippen molar-refractivity contribution >= 4 is 15.5 Å². The molecule has 0 spiro atoms. The van der Waals surface area contributed by atoms with E-state index in [1.54, 1.807) is 23.6 Å². The van der Waals surface area contributed by atoms with Gasteiger partial charge in [0.1, 0.15) is 11.6 Å². The third kappa shape index (κ3) is 5.11. The van der Waals surface area contributed by atoms with Crippen LogP contribution in [-0.2, 0) is 16.4 Å². The quantitative estimate of drug-likeness (QED) is 0.426. The molecule has 10 nitrogen and oxygen atoms in total. The molecule has 2 N–H and O–H groups in total. The number of hydrogen-bond donors (Lipinski definition) is 2. The number of aromatic amines is 1. The molecular weight excluding hydrogens is 504 g/mol. The summed E-state index contributed by atoms with van der Waals surface area (Å²) in [5.74, 6) is 1.70. The highest BCUT2D eigenvalue weighted by Gasteiger charge is 2.36. The van der Waals surface area contributed by atoms with E-state index in [-0.39, 0.29) is 16.3 Å². The van der Waals surface area contributed by atoms with Gasteiger partial charge in [-0.05, 0) is 77.1 Å². The third-order valence-electron chi connectivity index (χ3n) is 8.03. The van der Waals surface area contributed by atoms with Gasteiger partial charge in [0.2, 0.25) is 10.0 Å². The maximum atomic E-state index is 13.4. The second-order valence-corrected chi connectivity index (χ2v) is 12.4. The zero-order chi connectivity index (χ0) is 27.0. The summed E-state index contributed by atoms with van der Waals surface area (Å²) in [7, 11) is -1.59. The molecule has 2 aliphatic rings. The predicted octanol–water partition coefficient (Wildman–Crippen LogP) is 3.29. The molecule has 0 radical (unpaired) electrons. The Labute approximate surface area is 223 Å². The molecule has 2 atom stereocenters. The van der Waals surface area contributed by atoms with Crippen LogP contribution in [0.4, 0.5) is 0 Å². The van der Waals surface area contributed by atoms with Gasteiger partial charge in [-0.2, -0.15) is 0 Å². The number of rotatable bonds is 9. The van der Waals surface area contributed by atoms with E-state index in [1.807, 2.05) is 13.8 Å². The molecular formula is C27H38N6O4S. The summed E-state index contributed by atoms with van der Waals surface area (Å²) in [4.78, 5) is 23.0. The molecule has 2 aliphatic heterocycles. The molecule has 5 rings (SSSR count). The van der Waals surface area contributed by atoms with Gasteiger partial charge in [0.05, 0.1) is 22.8 Å². The van der Waals surface area contributed by atoms with Crippen LogP contribution in [0.15, 0.2) is 27.9 Å². The first-order chi connectivity index (χ1) is 18.2. The largest absolute Gasteiger partial charge is 0.493 e. The van der Waals surface area contributed by atoms with Crippen LogP contribution in [0.2, 0.25) is 0 Å². The lowest BCUT2D eigenvalue weighted by atomic mass is 9.79. The summed E-state index contributed by atoms with van der Waals surface area (Å²) in [6.07, 6.45) is 7.17. The van der Waals surface area contributed by atoms with Gasteiger partial charge in [0.25, 0.3) is 5.56 Å². The van der Waals surface area contributed by atoms with Crippen molar-refractivity contribution in [2.24, 2.45) is 5.92 Å². The summed E-state index contributed by atoms with van der Waals surface area (Å²) in [5.41, 5.74) is 1.08. The van der Waals surface area contributed by atoms with Gasteiger partial charge in [-0.3, -0.25) is 4.79 Å². The molecule has 11 heteroatoms. The topological polar surface area (TPSA) is 122 Å². The minimum Gasteiger partial charge on any atom is -0.493 e. The van der Waals surface area contributed by atoms with Crippen molar-refractivity contribution in [2.45, 2.75) is 82.7 Å². The van der Waals surface area contributed by atoms with Gasteiger partial charge in [-0.25, -0.2) is 22.6 Å². The van der Waals surface area contributed by atoms with Crippen molar-refractivity contribution in [2.75, 3.05) is 20.2 Å². The van der Waals surface area contributed by atoms with Gasteiger partial charge in [-0.1, -0.05) is 13.3 Å². The van der Waals surface area contributed by atoms with Crippen LogP contribution in [0.25, 0.3) is 16.9 Å². The Kier molecular flexibility index (Phi) is 7.61. The zero-order valence-corrected chi connectivity index (χ0v) is 23.5. The summed E-state index contributed by atoms with van der Waals surface area (Å²) in [6.45, 7) is 6.48. The standard InChI is InChI=1S/C27H38N6O4S/c1-5-8-24-29-17(3)25-27(34)30-26(31-33(24)25)22-15-21(11-12-23(22)37-6-2)38(35,36)28-16-18-13-19-9-7-10-20(14-18)32(19)4/h11-12,15,18-20,28H,5-10,13-14,16H2,1-4H3,(H,30,31,34). The highest BCUT2D eigenvalue weighted by atomic mass is 32.2. The van der Waals surface area contributed by atoms with Crippen molar-refractivity contribution < 1.29 is 13.2 Å². The van der Waals surface area contributed by atoms with E-state index in [1.165, 1.54) is 25.3 Å². The molecule has 2 aromatic heterocycles. The highest BCUT2D eigenvalue weighted by molar-refractivity contribution is 7.89. The van der Waals surface area contributed by atoms with E-state index in [0.717, 1.165) is 19.3 Å². The maximum Gasteiger partial charge on any atom is 0.277 e. The van der Waals surface area contributed by atoms with Crippen molar-refractivity contribution in [3.8, 4) is 17.1 Å². The monoisotopic (exact) mass is 542 g/mol. The Hall–Kier alpha value is -2.76. The molecule has 206 valence electrons. The number of sulfonamides is 1. The number of imidazole rings is 1. The Balaban J connectivity index is 1.46. The zero-order valence-electron chi connectivity index (χ0n) is 22.7. The van der Waals surface area contributed by atoms with Gasteiger partial charge in [-0.15, -0.1) is 5.10 Å². The van der Waals surface area contributed by atoms with Crippen LogP contribution in [-0.4, -0.2) is 65.2 Å². The molecule has 2 bridgehead atoms. The van der Waals surface area contributed by atoms with E-state index >= 15 is 0 Å². The van der Waals surface area contributed by atoms with Crippen LogP contribution in [0.1, 0.15) is 63.9 Å². The molecule has 1 aromatic carbocycles. The van der Waals surface area contributed by atoms with Crippen LogP contribution < -0.4 is 15.0 Å². The smallest absolute Gasteiger partial charge is 0.277 e. The minimum atomic E-state index is -3.78. The van der Waals surface area contributed by atoms with E-state index in [2.05, 4.69) is 31.7 Å².